The summed E-state index contributed by atoms with van der Waals surface area (Å²) in [7, 11) is 0. The first-order valence-corrected chi connectivity index (χ1v) is 17.2. The molecule has 12 N–H and O–H groups in total. The van der Waals surface area contributed by atoms with Crippen molar-refractivity contribution in [1.82, 2.24) is 26.2 Å². The quantitative estimate of drug-likeness (QED) is 0.0422. The lowest BCUT2D eigenvalue weighted by atomic mass is 10.1. The molecule has 0 aromatic carbocycles. The molecule has 0 spiro atoms. The highest BCUT2D eigenvalue weighted by Gasteiger charge is 2.27. The maximum atomic E-state index is 13.9. The lowest BCUT2D eigenvalue weighted by molar-refractivity contribution is -0.136. The van der Waals surface area contributed by atoms with E-state index >= 15 is 0 Å². The number of allylic oxidation sites excluding steroid dienone is 4. The lowest BCUT2D eigenvalue weighted by Crippen LogP contribution is -2.51. The van der Waals surface area contributed by atoms with Gasteiger partial charge in [-0.15, -0.1) is 49.6 Å². The van der Waals surface area contributed by atoms with Crippen LogP contribution in [0.4, 0.5) is 0 Å². The van der Waals surface area contributed by atoms with Gasteiger partial charge >= 0.3 is 0 Å². The molecule has 0 aromatic rings. The Labute approximate surface area is 330 Å². The van der Waals surface area contributed by atoms with Gasteiger partial charge in [-0.3, -0.25) is 24.0 Å². The van der Waals surface area contributed by atoms with Gasteiger partial charge in [-0.05, 0) is 70.9 Å². The van der Waals surface area contributed by atoms with Crippen molar-refractivity contribution in [1.29, 1.82) is 0 Å². The van der Waals surface area contributed by atoms with Gasteiger partial charge in [0.25, 0.3) is 0 Å². The predicted molar refractivity (Wildman–Crippen MR) is 216 cm³/mol. The van der Waals surface area contributed by atoms with E-state index in [4.69, 9.17) is 22.9 Å². The van der Waals surface area contributed by atoms with Crippen LogP contribution in [0.3, 0.4) is 0 Å². The number of halogens is 4. The topological polar surface area (TPSA) is 241 Å². The van der Waals surface area contributed by atoms with Gasteiger partial charge in [0, 0.05) is 52.1 Å². The smallest absolute Gasteiger partial charge is 0.236 e. The third-order valence-corrected chi connectivity index (χ3v) is 7.32. The number of hydrogen-bond acceptors (Lipinski definition) is 9. The molecule has 18 heteroatoms. The van der Waals surface area contributed by atoms with E-state index in [1.54, 1.807) is 4.90 Å². The highest BCUT2D eigenvalue weighted by atomic mass is 35.5. The molecule has 5 amide bonds. The number of nitrogens with two attached hydrogens (primary N) is 4. The minimum atomic E-state index is -0.821. The molecule has 2 atom stereocenters. The fourth-order valence-corrected chi connectivity index (χ4v) is 4.50. The number of rotatable bonds is 28. The van der Waals surface area contributed by atoms with E-state index in [-0.39, 0.29) is 106 Å². The third-order valence-electron chi connectivity index (χ3n) is 7.32. The molecule has 0 saturated carbocycles. The van der Waals surface area contributed by atoms with Crippen LogP contribution in [0.15, 0.2) is 24.3 Å². The first kappa shape index (κ1) is 58.1. The zero-order valence-corrected chi connectivity index (χ0v) is 33.7. The second-order valence-electron chi connectivity index (χ2n) is 11.5. The summed E-state index contributed by atoms with van der Waals surface area (Å²) in [6, 6.07) is -1.64. The van der Waals surface area contributed by atoms with E-state index in [1.165, 1.54) is 0 Å². The number of amides is 5. The fraction of sp³-hybridized carbons (Fsp3) is 0.727. The molecule has 0 aliphatic carbocycles. The van der Waals surface area contributed by atoms with Gasteiger partial charge in [0.1, 0.15) is 0 Å². The van der Waals surface area contributed by atoms with E-state index in [2.05, 4.69) is 21.3 Å². The lowest BCUT2D eigenvalue weighted by Gasteiger charge is -2.28. The van der Waals surface area contributed by atoms with Gasteiger partial charge in [-0.2, -0.15) is 0 Å². The van der Waals surface area contributed by atoms with E-state index in [0.29, 0.717) is 71.1 Å². The molecule has 0 heterocycles. The van der Waals surface area contributed by atoms with E-state index in [0.717, 1.165) is 12.8 Å². The Bertz CT molecular complexity index is 953. The molecule has 0 aromatic heterocycles. The number of carbonyl (C=O) groups excluding carboxylic acids is 5. The molecule has 0 unspecified atom stereocenters. The first-order chi connectivity index (χ1) is 22.6. The van der Waals surface area contributed by atoms with E-state index < -0.39 is 29.8 Å². The van der Waals surface area contributed by atoms with Crippen LogP contribution in [-0.4, -0.2) is 98.9 Å². The van der Waals surface area contributed by atoms with Crippen LogP contribution in [0, 0.1) is 5.92 Å². The Kier molecular flexibility index (Phi) is 44.5. The van der Waals surface area contributed by atoms with Crippen molar-refractivity contribution < 1.29 is 24.0 Å². The average molecular weight is 812 g/mol. The van der Waals surface area contributed by atoms with Gasteiger partial charge in [0.2, 0.25) is 29.5 Å². The van der Waals surface area contributed by atoms with Crippen LogP contribution < -0.4 is 44.2 Å². The fourth-order valence-electron chi connectivity index (χ4n) is 4.50. The van der Waals surface area contributed by atoms with Crippen LogP contribution in [0.1, 0.15) is 84.5 Å². The summed E-state index contributed by atoms with van der Waals surface area (Å²) in [4.78, 5) is 64.9. The minimum Gasteiger partial charge on any atom is -0.356 e. The Hall–Kier alpha value is -2.17. The van der Waals surface area contributed by atoms with Crippen molar-refractivity contribution in [2.45, 2.75) is 96.6 Å². The summed E-state index contributed by atoms with van der Waals surface area (Å²) in [5.41, 5.74) is 22.9. The number of nitrogens with one attached hydrogen (secondary N) is 4. The molecule has 0 radical (unpaired) electrons. The molecular formula is C33H67Cl4N9O5. The molecule has 0 saturated heterocycles. The van der Waals surface area contributed by atoms with Crippen molar-refractivity contribution >= 4 is 79.2 Å². The first-order valence-electron chi connectivity index (χ1n) is 17.2. The summed E-state index contributed by atoms with van der Waals surface area (Å²) in [6.45, 7) is 6.06. The van der Waals surface area contributed by atoms with Crippen LogP contribution in [0.2, 0.25) is 0 Å². The minimum absolute atomic E-state index is 0. The number of unbranched alkanes of at least 4 members (excludes halogenated alkanes) is 1. The van der Waals surface area contributed by atoms with Gasteiger partial charge in [0.05, 0.1) is 18.0 Å². The van der Waals surface area contributed by atoms with Crippen molar-refractivity contribution in [3.8, 4) is 0 Å². The van der Waals surface area contributed by atoms with Gasteiger partial charge < -0.3 is 49.1 Å². The standard InChI is InChI=1S/C33H63N9O5.4ClH/c1-3-5-7-9-14-29(43)38-20-11-12-22-42(23-13-21-39-30(44)15-10-8-6-4-2)33(47)26(24-40-31(45)27(36)16-18-34)25-41-32(46)28(37)17-19-35;;;;/h5-8,26-28H,3-4,9-25,34-37H2,1-2H3,(H,38,43)(H,39,44)(H,40,45)(H,41,46);4*1H/b7-5-,8-6-;;;;/t27-,28-;;;;/m0..../s1. The SMILES string of the molecule is CC/C=C\CCC(=O)NCCCCN(CCCNC(=O)CC/C=C\CC)C(=O)C(CNC(=O)[C@@H](N)CCN)CNC(=O)[C@@H](N)CCN.Cl.Cl.Cl.Cl. The number of hydrogen-bond donors (Lipinski definition) is 8. The Balaban J connectivity index is -0.00000176. The van der Waals surface area contributed by atoms with Gasteiger partial charge in [0.15, 0.2) is 0 Å². The molecule has 0 aliphatic rings. The van der Waals surface area contributed by atoms with Crippen molar-refractivity contribution in [3.63, 3.8) is 0 Å². The molecule has 302 valence electrons. The maximum Gasteiger partial charge on any atom is 0.236 e. The summed E-state index contributed by atoms with van der Waals surface area (Å²) < 4.78 is 0. The van der Waals surface area contributed by atoms with Crippen LogP contribution >= 0.6 is 49.6 Å². The Morgan fingerprint density at radius 1 is 0.608 bits per heavy atom. The highest BCUT2D eigenvalue weighted by Crippen LogP contribution is 2.07. The summed E-state index contributed by atoms with van der Waals surface area (Å²) >= 11 is 0. The summed E-state index contributed by atoms with van der Waals surface area (Å²) in [6.07, 6.45) is 14.4. The average Bonchev–Trinajstić information content (AvgIpc) is 3.05. The molecule has 0 fully saturated rings. The zero-order chi connectivity index (χ0) is 35.3. The van der Waals surface area contributed by atoms with Gasteiger partial charge in [-0.1, -0.05) is 38.2 Å². The van der Waals surface area contributed by atoms with Crippen LogP contribution in [-0.2, 0) is 24.0 Å². The Morgan fingerprint density at radius 2 is 1.02 bits per heavy atom. The highest BCUT2D eigenvalue weighted by molar-refractivity contribution is 5.86. The van der Waals surface area contributed by atoms with Gasteiger partial charge in [-0.25, -0.2) is 0 Å². The maximum absolute atomic E-state index is 13.9. The summed E-state index contributed by atoms with van der Waals surface area (Å²) in [5, 5.41) is 11.3. The van der Waals surface area contributed by atoms with E-state index in [9.17, 15) is 24.0 Å². The van der Waals surface area contributed by atoms with Crippen molar-refractivity contribution in [2.24, 2.45) is 28.9 Å². The molecule has 51 heavy (non-hydrogen) atoms. The predicted octanol–water partition coefficient (Wildman–Crippen LogP) is 1.60. The largest absolute Gasteiger partial charge is 0.356 e. The number of carbonyl (C=O) groups is 5. The normalized spacial score (nSPS) is 11.7. The molecule has 0 bridgehead atoms. The van der Waals surface area contributed by atoms with Crippen molar-refractivity contribution in [2.75, 3.05) is 52.4 Å². The Morgan fingerprint density at radius 3 is 1.43 bits per heavy atom. The van der Waals surface area contributed by atoms with Crippen LogP contribution in [0.5, 0.6) is 0 Å². The van der Waals surface area contributed by atoms with Crippen molar-refractivity contribution in [3.05, 3.63) is 24.3 Å². The monoisotopic (exact) mass is 809 g/mol. The molecule has 14 nitrogen and oxygen atoms in total. The van der Waals surface area contributed by atoms with Crippen LogP contribution in [0.25, 0.3) is 0 Å². The second-order valence-corrected chi connectivity index (χ2v) is 11.5. The van der Waals surface area contributed by atoms with E-state index in [1.807, 2.05) is 38.2 Å². The molecular weight excluding hydrogens is 744 g/mol. The molecule has 0 rings (SSSR count). The second kappa shape index (κ2) is 39.0. The third kappa shape index (κ3) is 31.1. The summed E-state index contributed by atoms with van der Waals surface area (Å²) in [5.74, 6) is -2.03. The molecule has 0 aliphatic heterocycles. The number of nitrogens with zero attached hydrogens (tertiary/aromatic N) is 1. The zero-order valence-electron chi connectivity index (χ0n) is 30.4.